The summed E-state index contributed by atoms with van der Waals surface area (Å²) in [6.07, 6.45) is 0. The average Bonchev–Trinajstić information content (AvgIpc) is 1.60. The molecule has 0 aliphatic carbocycles. The van der Waals surface area contributed by atoms with E-state index in [9.17, 15) is 4.79 Å². The molecule has 1 N–H and O–H groups in total. The Labute approximate surface area is 72.7 Å². The van der Waals surface area contributed by atoms with Gasteiger partial charge in [0.15, 0.2) is 0 Å². The van der Waals surface area contributed by atoms with E-state index in [1.165, 1.54) is 0 Å². The topological polar surface area (TPSA) is 50.2 Å². The molecule has 0 unspecified atom stereocenters. The van der Waals surface area contributed by atoms with Crippen molar-refractivity contribution >= 4 is 46.7 Å². The highest BCUT2D eigenvalue weighted by atomic mass is 35.6. The number of carbonyl (C=O) groups is 1. The Hall–Kier alpha value is 0.01000. The van der Waals surface area contributed by atoms with Crippen molar-refractivity contribution in [1.29, 1.82) is 5.41 Å². The number of alkyl halides is 3. The van der Waals surface area contributed by atoms with Crippen LogP contribution >= 0.6 is 34.8 Å². The van der Waals surface area contributed by atoms with Crippen molar-refractivity contribution in [1.82, 2.24) is 0 Å². The number of rotatable bonds is 0. The number of hydrogen-bond donors (Lipinski definition) is 1. The van der Waals surface area contributed by atoms with Gasteiger partial charge in [-0.3, -0.25) is 10.2 Å². The van der Waals surface area contributed by atoms with E-state index in [1.807, 2.05) is 0 Å². The van der Waals surface area contributed by atoms with Crippen molar-refractivity contribution in [3.05, 3.63) is 0 Å². The van der Waals surface area contributed by atoms with Crippen LogP contribution in [0.1, 0.15) is 6.92 Å². The molecule has 0 amide bonds. The van der Waals surface area contributed by atoms with Crippen molar-refractivity contribution < 1.29 is 9.53 Å². The number of nitrogens with one attached hydrogen (secondary N) is 1. The van der Waals surface area contributed by atoms with E-state index in [4.69, 9.17) is 40.2 Å². The summed E-state index contributed by atoms with van der Waals surface area (Å²) in [6.45, 7) is 1.12. The van der Waals surface area contributed by atoms with Crippen molar-refractivity contribution in [3.8, 4) is 0 Å². The van der Waals surface area contributed by atoms with Crippen molar-refractivity contribution in [3.63, 3.8) is 0 Å². The van der Waals surface area contributed by atoms with Crippen LogP contribution in [0.25, 0.3) is 0 Å². The number of carbonyl (C=O) groups excluding carboxylic acids is 1. The van der Waals surface area contributed by atoms with Gasteiger partial charge in [0.1, 0.15) is 0 Å². The molecule has 6 heteroatoms. The van der Waals surface area contributed by atoms with E-state index in [-0.39, 0.29) is 0 Å². The fraction of sp³-hybridized carbons (Fsp3) is 0.500. The number of halogens is 3. The minimum Gasteiger partial charge on any atom is -0.408 e. The highest BCUT2D eigenvalue weighted by molar-refractivity contribution is 6.76. The summed E-state index contributed by atoms with van der Waals surface area (Å²) >= 11 is 15.5. The standard InChI is InChI=1S/C4H4Cl3NO2/c1-2(9)10-3(8)4(5,6)7/h8H,1H3. The van der Waals surface area contributed by atoms with Gasteiger partial charge in [0, 0.05) is 6.92 Å². The molecule has 58 valence electrons. The molecule has 0 aromatic rings. The number of ether oxygens (including phenoxy) is 1. The average molecular weight is 204 g/mol. The van der Waals surface area contributed by atoms with Crippen LogP contribution in [0.5, 0.6) is 0 Å². The maximum absolute atomic E-state index is 10.2. The summed E-state index contributed by atoms with van der Waals surface area (Å²) in [7, 11) is 0. The Bertz CT molecular complexity index is 162. The van der Waals surface area contributed by atoms with E-state index < -0.39 is 15.7 Å². The maximum Gasteiger partial charge on any atom is 0.309 e. The van der Waals surface area contributed by atoms with E-state index in [0.717, 1.165) is 6.92 Å². The Morgan fingerprint density at radius 3 is 2.00 bits per heavy atom. The molecule has 0 aliphatic heterocycles. The summed E-state index contributed by atoms with van der Waals surface area (Å²) in [4.78, 5) is 10.2. The van der Waals surface area contributed by atoms with E-state index >= 15 is 0 Å². The van der Waals surface area contributed by atoms with Crippen molar-refractivity contribution in [2.45, 2.75) is 10.7 Å². The lowest BCUT2D eigenvalue weighted by molar-refractivity contribution is -0.133. The van der Waals surface area contributed by atoms with Crippen LogP contribution < -0.4 is 0 Å². The van der Waals surface area contributed by atoms with Gasteiger partial charge in [-0.1, -0.05) is 34.8 Å². The molecule has 0 rings (SSSR count). The molecular weight excluding hydrogens is 200 g/mol. The first-order valence-corrected chi connectivity index (χ1v) is 3.31. The van der Waals surface area contributed by atoms with Crippen LogP contribution in [0.3, 0.4) is 0 Å². The molecule has 10 heavy (non-hydrogen) atoms. The molecular formula is C4H4Cl3NO2. The van der Waals surface area contributed by atoms with Crippen LogP contribution in [0, 0.1) is 5.41 Å². The second-order valence-electron chi connectivity index (χ2n) is 1.42. The first-order chi connectivity index (χ1) is 4.34. The highest BCUT2D eigenvalue weighted by Gasteiger charge is 2.29. The van der Waals surface area contributed by atoms with Gasteiger partial charge in [0.05, 0.1) is 0 Å². The zero-order valence-corrected chi connectivity index (χ0v) is 7.22. The number of esters is 1. The third-order valence-electron chi connectivity index (χ3n) is 0.503. The largest absolute Gasteiger partial charge is 0.408 e. The van der Waals surface area contributed by atoms with Crippen molar-refractivity contribution in [2.24, 2.45) is 0 Å². The van der Waals surface area contributed by atoms with Gasteiger partial charge in [0.25, 0.3) is 3.79 Å². The van der Waals surface area contributed by atoms with E-state index in [1.54, 1.807) is 0 Å². The van der Waals surface area contributed by atoms with Crippen LogP contribution in [0.15, 0.2) is 0 Å². The minimum absolute atomic E-state index is 0.684. The van der Waals surface area contributed by atoms with Gasteiger partial charge in [-0.05, 0) is 0 Å². The Morgan fingerprint density at radius 1 is 1.50 bits per heavy atom. The van der Waals surface area contributed by atoms with E-state index in [0.29, 0.717) is 0 Å². The Kier molecular flexibility index (Phi) is 3.42. The van der Waals surface area contributed by atoms with Crippen molar-refractivity contribution in [2.75, 3.05) is 0 Å². The Balaban J connectivity index is 3.99. The summed E-state index contributed by atoms with van der Waals surface area (Å²) in [5.74, 6) is -1.37. The van der Waals surface area contributed by atoms with Gasteiger partial charge < -0.3 is 4.74 Å². The molecule has 0 fully saturated rings. The number of hydrogen-bond acceptors (Lipinski definition) is 3. The smallest absolute Gasteiger partial charge is 0.309 e. The molecule has 0 heterocycles. The lowest BCUT2D eigenvalue weighted by Gasteiger charge is -2.09. The van der Waals surface area contributed by atoms with Gasteiger partial charge in [0.2, 0.25) is 5.90 Å². The second-order valence-corrected chi connectivity index (χ2v) is 3.70. The maximum atomic E-state index is 10.2. The molecule has 0 saturated carbocycles. The summed E-state index contributed by atoms with van der Waals surface area (Å²) < 4.78 is 2.21. The first kappa shape index (κ1) is 10.0. The fourth-order valence-corrected chi connectivity index (χ4v) is 0.317. The fourth-order valence-electron chi connectivity index (χ4n) is 0.202. The zero-order chi connectivity index (χ0) is 8.36. The quantitative estimate of drug-likeness (QED) is 0.283. The van der Waals surface area contributed by atoms with Crippen LogP contribution in [0.2, 0.25) is 0 Å². The normalized spacial score (nSPS) is 10.8. The SMILES string of the molecule is CC(=O)OC(=N)C(Cl)(Cl)Cl. The first-order valence-electron chi connectivity index (χ1n) is 2.18. The molecule has 0 aliphatic rings. The van der Waals surface area contributed by atoms with Crippen LogP contribution in [0.4, 0.5) is 0 Å². The lowest BCUT2D eigenvalue weighted by atomic mass is 10.7. The van der Waals surface area contributed by atoms with Gasteiger partial charge in [-0.15, -0.1) is 0 Å². The molecule has 0 aromatic heterocycles. The monoisotopic (exact) mass is 203 g/mol. The van der Waals surface area contributed by atoms with Crippen LogP contribution in [-0.2, 0) is 9.53 Å². The molecule has 0 spiro atoms. The second kappa shape index (κ2) is 3.42. The highest BCUT2D eigenvalue weighted by Crippen LogP contribution is 2.27. The minimum atomic E-state index is -1.95. The molecule has 0 bridgehead atoms. The lowest BCUT2D eigenvalue weighted by Crippen LogP contribution is -2.23. The molecule has 0 aromatic carbocycles. The third-order valence-corrected chi connectivity index (χ3v) is 1.02. The molecule has 0 atom stereocenters. The van der Waals surface area contributed by atoms with Gasteiger partial charge in [-0.25, -0.2) is 0 Å². The predicted molar refractivity (Wildman–Crippen MR) is 39.8 cm³/mol. The Morgan fingerprint density at radius 2 is 1.90 bits per heavy atom. The van der Waals surface area contributed by atoms with E-state index in [2.05, 4.69) is 4.74 Å². The summed E-state index contributed by atoms with van der Waals surface area (Å²) in [6, 6.07) is 0. The molecule has 0 radical (unpaired) electrons. The molecule has 3 nitrogen and oxygen atoms in total. The third kappa shape index (κ3) is 3.93. The van der Waals surface area contributed by atoms with Gasteiger partial charge >= 0.3 is 5.97 Å². The summed E-state index contributed by atoms with van der Waals surface area (Å²) in [5, 5.41) is 6.83. The zero-order valence-electron chi connectivity index (χ0n) is 4.95. The van der Waals surface area contributed by atoms with Crippen LogP contribution in [-0.4, -0.2) is 15.7 Å². The molecule has 0 saturated heterocycles. The predicted octanol–water partition coefficient (Wildman–Crippen LogP) is 1.90. The summed E-state index contributed by atoms with van der Waals surface area (Å²) in [5.41, 5.74) is 0. The van der Waals surface area contributed by atoms with Gasteiger partial charge in [-0.2, -0.15) is 0 Å².